The van der Waals surface area contributed by atoms with Crippen molar-refractivity contribution in [1.29, 1.82) is 0 Å². The van der Waals surface area contributed by atoms with Crippen molar-refractivity contribution < 1.29 is 21.4 Å². The fourth-order valence-electron chi connectivity index (χ4n) is 2.72. The summed E-state index contributed by atoms with van der Waals surface area (Å²) in [5.74, 6) is 0. The first-order valence-electron chi connectivity index (χ1n) is 7.42. The van der Waals surface area contributed by atoms with E-state index in [1.54, 1.807) is 36.4 Å². The lowest BCUT2D eigenvalue weighted by Gasteiger charge is -2.26. The molecule has 134 valence electrons. The Morgan fingerprint density at radius 3 is 1.36 bits per heavy atom. The molecule has 25 heavy (non-hydrogen) atoms. The molecule has 0 amide bonds. The van der Waals surface area contributed by atoms with Gasteiger partial charge in [0, 0.05) is 19.8 Å². The van der Waals surface area contributed by atoms with Crippen LogP contribution in [-0.4, -0.2) is 44.7 Å². The molecule has 2 aromatic carbocycles. The van der Waals surface area contributed by atoms with Crippen molar-refractivity contribution in [2.45, 2.75) is 9.79 Å². The molecule has 7 nitrogen and oxygen atoms in total. The molecule has 0 spiro atoms. The molecule has 0 saturated carbocycles. The highest BCUT2D eigenvalue weighted by molar-refractivity contribution is 8.00. The molecule has 10 heteroatoms. The molecule has 2 aromatic rings. The van der Waals surface area contributed by atoms with E-state index in [1.165, 1.54) is 30.9 Å². The minimum Gasteiger partial charge on any atom is -0.287 e. The van der Waals surface area contributed by atoms with Crippen molar-refractivity contribution in [3.63, 3.8) is 0 Å². The summed E-state index contributed by atoms with van der Waals surface area (Å²) in [6.45, 7) is 0.856. The monoisotopic (exact) mass is 400 g/mol. The number of hydrogen-bond donors (Lipinski definition) is 0. The predicted octanol–water partition coefficient (Wildman–Crippen LogP) is 2.20. The molecule has 0 bridgehead atoms. The fraction of sp³-hybridized carbons (Fsp3) is 0.200. The molecule has 0 aliphatic carbocycles. The van der Waals surface area contributed by atoms with Gasteiger partial charge in [-0.3, -0.25) is 4.57 Å². The molecule has 0 unspecified atom stereocenters. The van der Waals surface area contributed by atoms with E-state index in [1.807, 2.05) is 0 Å². The molecule has 0 aromatic heterocycles. The van der Waals surface area contributed by atoms with Crippen LogP contribution >= 0.6 is 7.44 Å². The van der Waals surface area contributed by atoms with Gasteiger partial charge in [0.2, 0.25) is 27.5 Å². The second-order valence-corrected chi connectivity index (χ2v) is 12.5. The van der Waals surface area contributed by atoms with E-state index in [4.69, 9.17) is 0 Å². The summed E-state index contributed by atoms with van der Waals surface area (Å²) in [5, 5.41) is 0. The van der Waals surface area contributed by atoms with Crippen molar-refractivity contribution in [3.8, 4) is 0 Å². The van der Waals surface area contributed by atoms with Gasteiger partial charge in [0.1, 0.15) is 0 Å². The molecule has 1 aliphatic rings. The Morgan fingerprint density at radius 2 is 1.04 bits per heavy atom. The maximum Gasteiger partial charge on any atom is 0.249 e. The van der Waals surface area contributed by atoms with Crippen LogP contribution in [0.4, 0.5) is 0 Å². The topological polar surface area (TPSA) is 91.8 Å². The zero-order valence-electron chi connectivity index (χ0n) is 13.4. The average molecular weight is 400 g/mol. The third-order valence-electron chi connectivity index (χ3n) is 3.95. The van der Waals surface area contributed by atoms with Gasteiger partial charge in [-0.2, -0.15) is 0 Å². The number of benzene rings is 2. The summed E-state index contributed by atoms with van der Waals surface area (Å²) in [6, 6.07) is 15.1. The van der Waals surface area contributed by atoms with Crippen LogP contribution in [0.25, 0.3) is 0 Å². The Kier molecular flexibility index (Phi) is 4.63. The number of rotatable bonds is 4. The molecule has 0 radical (unpaired) electrons. The first-order chi connectivity index (χ1) is 11.7. The Balaban J connectivity index is 2.02. The van der Waals surface area contributed by atoms with E-state index in [2.05, 4.69) is 0 Å². The van der Waals surface area contributed by atoms with Gasteiger partial charge in [0.15, 0.2) is 0 Å². The summed E-state index contributed by atoms with van der Waals surface area (Å²) in [7, 11) is -12.0. The van der Waals surface area contributed by atoms with Crippen molar-refractivity contribution >= 4 is 27.5 Å². The maximum atomic E-state index is 13.2. The largest absolute Gasteiger partial charge is 0.287 e. The third kappa shape index (κ3) is 3.07. The summed E-state index contributed by atoms with van der Waals surface area (Å²) in [6.07, 6.45) is 0. The summed E-state index contributed by atoms with van der Waals surface area (Å²) >= 11 is 0. The summed E-state index contributed by atoms with van der Waals surface area (Å²) in [5.41, 5.74) is 0. The van der Waals surface area contributed by atoms with Gasteiger partial charge in [0.25, 0.3) is 0 Å². The van der Waals surface area contributed by atoms with Crippen LogP contribution in [0.1, 0.15) is 0 Å². The molecule has 0 N–H and O–H groups in total. The number of hydrogen-bond acceptors (Lipinski definition) is 5. The van der Waals surface area contributed by atoms with E-state index in [0.29, 0.717) is 0 Å². The van der Waals surface area contributed by atoms with E-state index in [0.717, 1.165) is 8.15 Å². The van der Waals surface area contributed by atoms with Crippen LogP contribution < -0.4 is 0 Å². The highest BCUT2D eigenvalue weighted by atomic mass is 32.2. The highest BCUT2D eigenvalue weighted by Gasteiger charge is 2.51. The standard InChI is InChI=1S/C15H17N2O5PS2/c1-23(18)16(24(19,20)14-8-4-2-5-9-14)12-13-17(23)25(21,22)15-10-6-3-7-11-15/h2-11H,12-13H2,1H3. The Labute approximate surface area is 147 Å². The zero-order chi connectivity index (χ0) is 18.3. The smallest absolute Gasteiger partial charge is 0.249 e. The van der Waals surface area contributed by atoms with Crippen LogP contribution in [0.3, 0.4) is 0 Å². The van der Waals surface area contributed by atoms with Gasteiger partial charge in [-0.15, -0.1) is 8.15 Å². The van der Waals surface area contributed by atoms with Crippen LogP contribution in [0.15, 0.2) is 70.5 Å². The number of nitrogens with zero attached hydrogens (tertiary/aromatic N) is 2. The first kappa shape index (κ1) is 18.3. The van der Waals surface area contributed by atoms with Crippen molar-refractivity contribution in [2.75, 3.05) is 19.8 Å². The predicted molar refractivity (Wildman–Crippen MR) is 94.2 cm³/mol. The lowest BCUT2D eigenvalue weighted by atomic mass is 10.4. The molecular formula is C15H17N2O5PS2. The summed E-state index contributed by atoms with van der Waals surface area (Å²) < 4.78 is 66.0. The maximum absolute atomic E-state index is 13.2. The van der Waals surface area contributed by atoms with Gasteiger partial charge >= 0.3 is 0 Å². The molecule has 1 fully saturated rings. The summed E-state index contributed by atoms with van der Waals surface area (Å²) in [4.78, 5) is -0.0351. The first-order valence-corrected chi connectivity index (χ1v) is 12.4. The molecule has 1 saturated heterocycles. The zero-order valence-corrected chi connectivity index (χ0v) is 15.9. The van der Waals surface area contributed by atoms with Crippen LogP contribution in [0.2, 0.25) is 0 Å². The SMILES string of the molecule is CP1(=O)N(S(=O)(=O)c2ccccc2)CCN1S(=O)(=O)c1ccccc1. The van der Waals surface area contributed by atoms with Crippen LogP contribution in [0.5, 0.6) is 0 Å². The highest BCUT2D eigenvalue weighted by Crippen LogP contribution is 2.58. The molecular weight excluding hydrogens is 383 g/mol. The van der Waals surface area contributed by atoms with Crippen LogP contribution in [0, 0.1) is 0 Å². The van der Waals surface area contributed by atoms with E-state index in [-0.39, 0.29) is 22.9 Å². The van der Waals surface area contributed by atoms with E-state index in [9.17, 15) is 21.4 Å². The van der Waals surface area contributed by atoms with Gasteiger partial charge < -0.3 is 0 Å². The van der Waals surface area contributed by atoms with E-state index < -0.39 is 27.5 Å². The molecule has 1 heterocycles. The molecule has 1 aliphatic heterocycles. The van der Waals surface area contributed by atoms with Crippen LogP contribution in [-0.2, 0) is 24.6 Å². The van der Waals surface area contributed by atoms with Crippen molar-refractivity contribution in [3.05, 3.63) is 60.7 Å². The number of sulfonamides is 2. The fourth-order valence-corrected chi connectivity index (χ4v) is 10.4. The lowest BCUT2D eigenvalue weighted by molar-refractivity contribution is 0.511. The normalized spacial score (nSPS) is 19.1. The minimum absolute atomic E-state index is 0.0176. The molecule has 3 rings (SSSR count). The van der Waals surface area contributed by atoms with Gasteiger partial charge in [0.05, 0.1) is 9.79 Å². The van der Waals surface area contributed by atoms with Gasteiger partial charge in [-0.25, -0.2) is 16.8 Å². The van der Waals surface area contributed by atoms with Crippen molar-refractivity contribution in [1.82, 2.24) is 8.15 Å². The lowest BCUT2D eigenvalue weighted by Crippen LogP contribution is -2.28. The minimum atomic E-state index is -4.06. The Hall–Kier alpha value is -1.51. The molecule has 0 atom stereocenters. The second kappa shape index (κ2) is 6.34. The van der Waals surface area contributed by atoms with Gasteiger partial charge in [-0.1, -0.05) is 36.4 Å². The Bertz CT molecular complexity index is 943. The average Bonchev–Trinajstić information content (AvgIpc) is 2.93. The van der Waals surface area contributed by atoms with E-state index >= 15 is 0 Å². The van der Waals surface area contributed by atoms with Crippen molar-refractivity contribution in [2.24, 2.45) is 0 Å². The Morgan fingerprint density at radius 1 is 0.720 bits per heavy atom. The quantitative estimate of drug-likeness (QED) is 0.734. The third-order valence-corrected chi connectivity index (χ3v) is 12.3. The second-order valence-electron chi connectivity index (χ2n) is 5.56. The van der Waals surface area contributed by atoms with Gasteiger partial charge in [-0.05, 0) is 24.3 Å².